The molecule has 0 saturated heterocycles. The van der Waals surface area contributed by atoms with Crippen LogP contribution in [0.15, 0.2) is 29.1 Å². The number of aromatic carboxylic acids is 1. The Morgan fingerprint density at radius 1 is 1.54 bits per heavy atom. The predicted octanol–water partition coefficient (Wildman–Crippen LogP) is 1.79. The molecule has 0 radical (unpaired) electrons. The number of nitrogens with zero attached hydrogens (tertiary/aromatic N) is 2. The molecule has 0 aliphatic heterocycles. The fourth-order valence-corrected chi connectivity index (χ4v) is 1.55. The van der Waals surface area contributed by atoms with E-state index in [-0.39, 0.29) is 5.69 Å². The predicted molar refractivity (Wildman–Crippen MR) is 49.9 cm³/mol. The Morgan fingerprint density at radius 2 is 2.31 bits per heavy atom. The Bertz CT molecular complexity index is 478. The van der Waals surface area contributed by atoms with E-state index in [0.717, 1.165) is 9.99 Å². The highest BCUT2D eigenvalue weighted by atomic mass is 79.9. The molecule has 13 heavy (non-hydrogen) atoms. The number of hydrogen-bond acceptors (Lipinski definition) is 2. The van der Waals surface area contributed by atoms with E-state index in [2.05, 4.69) is 20.9 Å². The number of carbonyl (C=O) groups is 1. The summed E-state index contributed by atoms with van der Waals surface area (Å²) in [5.74, 6) is -1.01. The number of carboxylic acids is 1. The molecule has 0 amide bonds. The van der Waals surface area contributed by atoms with Gasteiger partial charge in [0.05, 0.1) is 5.52 Å². The van der Waals surface area contributed by atoms with Gasteiger partial charge in [0.25, 0.3) is 0 Å². The van der Waals surface area contributed by atoms with Crippen LogP contribution < -0.4 is 0 Å². The molecule has 5 heteroatoms. The number of hydrogen-bond donors (Lipinski definition) is 1. The van der Waals surface area contributed by atoms with Gasteiger partial charge in [-0.1, -0.05) is 0 Å². The summed E-state index contributed by atoms with van der Waals surface area (Å²) < 4.78 is 2.65. The van der Waals surface area contributed by atoms with E-state index < -0.39 is 5.97 Å². The van der Waals surface area contributed by atoms with Crippen molar-refractivity contribution in [2.75, 3.05) is 0 Å². The van der Waals surface area contributed by atoms with Crippen molar-refractivity contribution in [1.82, 2.24) is 9.38 Å². The SMILES string of the molecule is O=C(O)c1cc2cc(Br)cn2cn1. The smallest absolute Gasteiger partial charge is 0.354 e. The maximum atomic E-state index is 10.6. The Balaban J connectivity index is 2.67. The first kappa shape index (κ1) is 8.25. The van der Waals surface area contributed by atoms with E-state index in [4.69, 9.17) is 5.11 Å². The highest BCUT2D eigenvalue weighted by Crippen LogP contribution is 2.15. The first-order valence-corrected chi connectivity index (χ1v) is 4.32. The van der Waals surface area contributed by atoms with Crippen LogP contribution in [0, 0.1) is 0 Å². The molecule has 4 nitrogen and oxygen atoms in total. The van der Waals surface area contributed by atoms with Gasteiger partial charge in [-0.25, -0.2) is 9.78 Å². The third kappa shape index (κ3) is 1.42. The van der Waals surface area contributed by atoms with Gasteiger partial charge in [-0.3, -0.25) is 0 Å². The Kier molecular flexibility index (Phi) is 1.81. The number of aromatic nitrogens is 2. The molecule has 0 unspecified atom stereocenters. The molecule has 66 valence electrons. The number of halogens is 1. The minimum atomic E-state index is -1.01. The zero-order valence-corrected chi connectivity index (χ0v) is 8.02. The van der Waals surface area contributed by atoms with Crippen LogP contribution in [0.25, 0.3) is 5.52 Å². The van der Waals surface area contributed by atoms with Crippen LogP contribution in [0.4, 0.5) is 0 Å². The standard InChI is InChI=1S/C8H5BrN2O2/c9-5-1-6-2-7(8(12)13)10-4-11(6)3-5/h1-4H,(H,12,13). The van der Waals surface area contributed by atoms with Crippen LogP contribution in [0.5, 0.6) is 0 Å². The second kappa shape index (κ2) is 2.85. The quantitative estimate of drug-likeness (QED) is 0.828. The molecule has 2 rings (SSSR count). The lowest BCUT2D eigenvalue weighted by molar-refractivity contribution is 0.0690. The van der Waals surface area contributed by atoms with Crippen molar-refractivity contribution in [3.63, 3.8) is 0 Å². The van der Waals surface area contributed by atoms with Crippen molar-refractivity contribution >= 4 is 27.4 Å². The van der Waals surface area contributed by atoms with Crippen molar-refractivity contribution in [2.45, 2.75) is 0 Å². The Morgan fingerprint density at radius 3 is 3.00 bits per heavy atom. The van der Waals surface area contributed by atoms with Crippen LogP contribution in [0.1, 0.15) is 10.5 Å². The largest absolute Gasteiger partial charge is 0.477 e. The molecule has 2 heterocycles. The monoisotopic (exact) mass is 240 g/mol. The van der Waals surface area contributed by atoms with Crippen LogP contribution >= 0.6 is 15.9 Å². The minimum Gasteiger partial charge on any atom is -0.477 e. The minimum absolute atomic E-state index is 0.0538. The zero-order valence-electron chi connectivity index (χ0n) is 6.44. The summed E-state index contributed by atoms with van der Waals surface area (Å²) in [5, 5.41) is 8.67. The molecule has 0 fully saturated rings. The third-order valence-corrected chi connectivity index (χ3v) is 2.10. The van der Waals surface area contributed by atoms with Gasteiger partial charge in [0.1, 0.15) is 6.33 Å². The fourth-order valence-electron chi connectivity index (χ4n) is 1.10. The molecule has 0 aliphatic rings. The van der Waals surface area contributed by atoms with E-state index in [1.807, 2.05) is 12.3 Å². The van der Waals surface area contributed by atoms with E-state index in [9.17, 15) is 4.79 Å². The first-order valence-electron chi connectivity index (χ1n) is 3.53. The van der Waals surface area contributed by atoms with Gasteiger partial charge >= 0.3 is 5.97 Å². The molecule has 2 aromatic rings. The molecule has 2 aromatic heterocycles. The molecule has 1 N–H and O–H groups in total. The lowest BCUT2D eigenvalue weighted by atomic mass is 10.3. The maximum Gasteiger partial charge on any atom is 0.354 e. The van der Waals surface area contributed by atoms with E-state index in [1.165, 1.54) is 12.4 Å². The average Bonchev–Trinajstić information content (AvgIpc) is 2.42. The summed E-state index contributed by atoms with van der Waals surface area (Å²) in [6, 6.07) is 3.35. The van der Waals surface area contributed by atoms with Crippen molar-refractivity contribution < 1.29 is 9.90 Å². The number of carboxylic acid groups (broad SMARTS) is 1. The molecular formula is C8H5BrN2O2. The number of fused-ring (bicyclic) bond motifs is 1. The van der Waals surface area contributed by atoms with Crippen molar-refractivity contribution in [2.24, 2.45) is 0 Å². The highest BCUT2D eigenvalue weighted by Gasteiger charge is 2.05. The van der Waals surface area contributed by atoms with Crippen molar-refractivity contribution in [3.05, 3.63) is 34.8 Å². The molecule has 0 atom stereocenters. The average molecular weight is 241 g/mol. The van der Waals surface area contributed by atoms with E-state index >= 15 is 0 Å². The van der Waals surface area contributed by atoms with E-state index in [1.54, 1.807) is 4.40 Å². The van der Waals surface area contributed by atoms with Crippen LogP contribution in [-0.2, 0) is 0 Å². The Hall–Kier alpha value is -1.36. The lowest BCUT2D eigenvalue weighted by Gasteiger charge is -1.94. The summed E-state index contributed by atoms with van der Waals surface area (Å²) in [5.41, 5.74) is 0.859. The summed E-state index contributed by atoms with van der Waals surface area (Å²) in [4.78, 5) is 14.3. The summed E-state index contributed by atoms with van der Waals surface area (Å²) >= 11 is 3.29. The Labute approximate surface area is 82.0 Å². The van der Waals surface area contributed by atoms with Gasteiger partial charge in [-0.2, -0.15) is 0 Å². The third-order valence-electron chi connectivity index (χ3n) is 1.67. The lowest BCUT2D eigenvalue weighted by Crippen LogP contribution is -2.00. The summed E-state index contributed by atoms with van der Waals surface area (Å²) in [6.45, 7) is 0. The summed E-state index contributed by atoms with van der Waals surface area (Å²) in [6.07, 6.45) is 3.29. The molecule has 0 aromatic carbocycles. The second-order valence-corrected chi connectivity index (χ2v) is 3.49. The van der Waals surface area contributed by atoms with Gasteiger partial charge in [-0.15, -0.1) is 0 Å². The van der Waals surface area contributed by atoms with Gasteiger partial charge in [0, 0.05) is 10.7 Å². The zero-order chi connectivity index (χ0) is 9.42. The van der Waals surface area contributed by atoms with Gasteiger partial charge in [-0.05, 0) is 28.1 Å². The van der Waals surface area contributed by atoms with Crippen molar-refractivity contribution in [1.29, 1.82) is 0 Å². The van der Waals surface area contributed by atoms with Gasteiger partial charge < -0.3 is 9.51 Å². The maximum absolute atomic E-state index is 10.6. The molecule has 0 bridgehead atoms. The topological polar surface area (TPSA) is 54.6 Å². The fraction of sp³-hybridized carbons (Fsp3) is 0. The van der Waals surface area contributed by atoms with Crippen molar-refractivity contribution in [3.8, 4) is 0 Å². The summed E-state index contributed by atoms with van der Waals surface area (Å²) in [7, 11) is 0. The normalized spacial score (nSPS) is 10.5. The molecule has 0 saturated carbocycles. The second-order valence-electron chi connectivity index (χ2n) is 2.57. The first-order chi connectivity index (χ1) is 6.16. The molecule has 0 aliphatic carbocycles. The molecule has 0 spiro atoms. The molecular weight excluding hydrogens is 236 g/mol. The van der Waals surface area contributed by atoms with Crippen LogP contribution in [0.3, 0.4) is 0 Å². The van der Waals surface area contributed by atoms with Crippen LogP contribution in [0.2, 0.25) is 0 Å². The van der Waals surface area contributed by atoms with E-state index in [0.29, 0.717) is 0 Å². The van der Waals surface area contributed by atoms with Gasteiger partial charge in [0.15, 0.2) is 5.69 Å². The number of rotatable bonds is 1. The highest BCUT2D eigenvalue weighted by molar-refractivity contribution is 9.10. The van der Waals surface area contributed by atoms with Crippen LogP contribution in [-0.4, -0.2) is 20.5 Å². The van der Waals surface area contributed by atoms with Gasteiger partial charge in [0.2, 0.25) is 0 Å².